The highest BCUT2D eigenvalue weighted by Crippen LogP contribution is 2.49. The number of hydrogen-bond acceptors (Lipinski definition) is 5. The highest BCUT2D eigenvalue weighted by atomic mass is 16.5. The Morgan fingerprint density at radius 2 is 2.04 bits per heavy atom. The molecule has 1 N–H and O–H groups in total. The van der Waals surface area contributed by atoms with Crippen molar-refractivity contribution in [3.05, 3.63) is 52.1 Å². The van der Waals surface area contributed by atoms with Gasteiger partial charge in [-0.3, -0.25) is 9.59 Å². The zero-order valence-corrected chi connectivity index (χ0v) is 15.8. The summed E-state index contributed by atoms with van der Waals surface area (Å²) >= 11 is 0. The molecule has 2 unspecified atom stereocenters. The number of amides is 1. The molecule has 146 valence electrons. The van der Waals surface area contributed by atoms with Crippen LogP contribution in [0.5, 0.6) is 0 Å². The van der Waals surface area contributed by atoms with Gasteiger partial charge in [-0.15, -0.1) is 0 Å². The quantitative estimate of drug-likeness (QED) is 0.879. The first kappa shape index (κ1) is 17.4. The predicted octanol–water partition coefficient (Wildman–Crippen LogP) is 1.83. The normalized spacial score (nSPS) is 23.6. The summed E-state index contributed by atoms with van der Waals surface area (Å²) in [5.41, 5.74) is 2.08. The molecular formula is C21H24N4O3. The van der Waals surface area contributed by atoms with E-state index in [4.69, 9.17) is 4.74 Å². The molecule has 7 nitrogen and oxygen atoms in total. The number of aromatic nitrogens is 2. The molecule has 1 aromatic carbocycles. The van der Waals surface area contributed by atoms with Gasteiger partial charge in [-0.25, -0.2) is 4.98 Å². The molecule has 2 atom stereocenters. The average Bonchev–Trinajstić information content (AvgIpc) is 3.29. The van der Waals surface area contributed by atoms with Gasteiger partial charge in [0.1, 0.15) is 11.6 Å². The Bertz CT molecular complexity index is 951. The van der Waals surface area contributed by atoms with E-state index in [0.717, 1.165) is 24.9 Å². The lowest BCUT2D eigenvalue weighted by molar-refractivity contribution is -0.118. The molecule has 28 heavy (non-hydrogen) atoms. The third-order valence-corrected chi connectivity index (χ3v) is 6.11. The van der Waals surface area contributed by atoms with Crippen LogP contribution in [0.3, 0.4) is 0 Å². The van der Waals surface area contributed by atoms with Crippen molar-refractivity contribution < 1.29 is 9.53 Å². The number of benzene rings is 1. The summed E-state index contributed by atoms with van der Waals surface area (Å²) in [5, 5.41) is 0. The van der Waals surface area contributed by atoms with Gasteiger partial charge in [0.15, 0.2) is 0 Å². The van der Waals surface area contributed by atoms with Crippen molar-refractivity contribution in [3.8, 4) is 0 Å². The first-order valence-corrected chi connectivity index (χ1v) is 10.0. The van der Waals surface area contributed by atoms with Gasteiger partial charge in [-0.2, -0.15) is 0 Å². The average molecular weight is 380 g/mol. The van der Waals surface area contributed by atoms with E-state index in [9.17, 15) is 9.59 Å². The molecule has 2 aliphatic heterocycles. The van der Waals surface area contributed by atoms with Crippen LogP contribution in [0.4, 0.5) is 11.5 Å². The van der Waals surface area contributed by atoms with Crippen LogP contribution in [0.2, 0.25) is 0 Å². The standard InChI is InChI=1S/C21H24N4O3/c26-20-13-19(24-8-10-28-11-9-24)22-18(23-20)12-21(27)25-16-6-2-1-4-14(16)15-5-3-7-17(15)25/h1-2,4,6,13,15,17H,3,5,7-12H2,(H,22,23,26). The lowest BCUT2D eigenvalue weighted by Crippen LogP contribution is -2.39. The zero-order valence-electron chi connectivity index (χ0n) is 15.8. The molecule has 0 spiro atoms. The van der Waals surface area contributed by atoms with Gasteiger partial charge in [0, 0.05) is 36.8 Å². The Kier molecular flexibility index (Phi) is 4.39. The van der Waals surface area contributed by atoms with E-state index in [1.807, 2.05) is 28.0 Å². The van der Waals surface area contributed by atoms with E-state index in [1.165, 1.54) is 11.6 Å². The van der Waals surface area contributed by atoms with Crippen LogP contribution in [0.1, 0.15) is 36.6 Å². The zero-order chi connectivity index (χ0) is 19.1. The predicted molar refractivity (Wildman–Crippen MR) is 106 cm³/mol. The molecule has 1 saturated heterocycles. The number of ether oxygens (including phenoxy) is 1. The number of fused-ring (bicyclic) bond motifs is 3. The number of morpholine rings is 1. The maximum absolute atomic E-state index is 13.2. The molecule has 1 aliphatic carbocycles. The van der Waals surface area contributed by atoms with Crippen molar-refractivity contribution in [2.75, 3.05) is 36.1 Å². The number of anilines is 2. The van der Waals surface area contributed by atoms with Crippen LogP contribution in [0.15, 0.2) is 35.1 Å². The topological polar surface area (TPSA) is 78.5 Å². The second-order valence-electron chi connectivity index (χ2n) is 7.75. The number of para-hydroxylation sites is 1. The molecular weight excluding hydrogens is 356 g/mol. The number of nitrogens with zero attached hydrogens (tertiary/aromatic N) is 3. The molecule has 3 heterocycles. The summed E-state index contributed by atoms with van der Waals surface area (Å²) in [6, 6.07) is 9.94. The Morgan fingerprint density at radius 1 is 1.21 bits per heavy atom. The highest BCUT2D eigenvalue weighted by Gasteiger charge is 2.43. The molecule has 0 bridgehead atoms. The van der Waals surface area contributed by atoms with E-state index >= 15 is 0 Å². The SMILES string of the molecule is O=C(Cc1nc(N2CCOCC2)cc(=O)[nH]1)N1c2ccccc2C2CCCC21. The first-order chi connectivity index (χ1) is 13.7. The lowest BCUT2D eigenvalue weighted by atomic mass is 9.98. The monoisotopic (exact) mass is 380 g/mol. The minimum absolute atomic E-state index is 0.00382. The molecule has 7 heteroatoms. The number of carbonyl (C=O) groups is 1. The number of rotatable bonds is 3. The van der Waals surface area contributed by atoms with E-state index in [-0.39, 0.29) is 23.9 Å². The van der Waals surface area contributed by atoms with Gasteiger partial charge in [0.05, 0.1) is 19.6 Å². The van der Waals surface area contributed by atoms with Crippen LogP contribution < -0.4 is 15.4 Å². The van der Waals surface area contributed by atoms with E-state index in [2.05, 4.69) is 16.0 Å². The minimum Gasteiger partial charge on any atom is -0.378 e. The Labute approximate surface area is 163 Å². The van der Waals surface area contributed by atoms with Gasteiger partial charge < -0.3 is 19.5 Å². The highest BCUT2D eigenvalue weighted by molar-refractivity contribution is 5.97. The smallest absolute Gasteiger partial charge is 0.252 e. The van der Waals surface area contributed by atoms with Crippen molar-refractivity contribution in [2.24, 2.45) is 0 Å². The molecule has 2 aromatic rings. The number of hydrogen-bond donors (Lipinski definition) is 1. The first-order valence-electron chi connectivity index (χ1n) is 10.0. The Balaban J connectivity index is 1.41. The maximum Gasteiger partial charge on any atom is 0.252 e. The molecule has 1 aromatic heterocycles. The van der Waals surface area contributed by atoms with Crippen molar-refractivity contribution in [3.63, 3.8) is 0 Å². The van der Waals surface area contributed by atoms with E-state index in [1.54, 1.807) is 0 Å². The van der Waals surface area contributed by atoms with Crippen LogP contribution in [-0.2, 0) is 16.0 Å². The molecule has 0 radical (unpaired) electrons. The van der Waals surface area contributed by atoms with Gasteiger partial charge >= 0.3 is 0 Å². The Morgan fingerprint density at radius 3 is 2.89 bits per heavy atom. The summed E-state index contributed by atoms with van der Waals surface area (Å²) in [7, 11) is 0. The van der Waals surface area contributed by atoms with Crippen LogP contribution in [0.25, 0.3) is 0 Å². The van der Waals surface area contributed by atoms with E-state index in [0.29, 0.717) is 43.9 Å². The largest absolute Gasteiger partial charge is 0.378 e. The van der Waals surface area contributed by atoms with Crippen molar-refractivity contribution >= 4 is 17.4 Å². The van der Waals surface area contributed by atoms with Gasteiger partial charge in [-0.05, 0) is 24.5 Å². The third kappa shape index (κ3) is 2.99. The fraction of sp³-hybridized carbons (Fsp3) is 0.476. The number of aromatic amines is 1. The number of nitrogens with one attached hydrogen (secondary N) is 1. The molecule has 3 aliphatic rings. The minimum atomic E-state index is -0.222. The van der Waals surface area contributed by atoms with Crippen molar-refractivity contribution in [1.29, 1.82) is 0 Å². The lowest BCUT2D eigenvalue weighted by Gasteiger charge is -2.28. The molecule has 2 fully saturated rings. The third-order valence-electron chi connectivity index (χ3n) is 6.11. The fourth-order valence-electron chi connectivity index (χ4n) is 4.89. The maximum atomic E-state index is 13.2. The summed E-state index contributed by atoms with van der Waals surface area (Å²) in [6.45, 7) is 2.65. The number of carbonyl (C=O) groups excluding carboxylic acids is 1. The number of H-pyrrole nitrogens is 1. The Hall–Kier alpha value is -2.67. The summed E-state index contributed by atoms with van der Waals surface area (Å²) in [6.07, 6.45) is 3.41. The summed E-state index contributed by atoms with van der Waals surface area (Å²) in [4.78, 5) is 36.7. The van der Waals surface area contributed by atoms with Crippen LogP contribution in [-0.4, -0.2) is 48.2 Å². The van der Waals surface area contributed by atoms with Crippen LogP contribution >= 0.6 is 0 Å². The van der Waals surface area contributed by atoms with Gasteiger partial charge in [0.25, 0.3) is 5.56 Å². The molecule has 1 saturated carbocycles. The summed E-state index contributed by atoms with van der Waals surface area (Å²) in [5.74, 6) is 1.49. The van der Waals surface area contributed by atoms with Gasteiger partial charge in [-0.1, -0.05) is 24.6 Å². The molecule has 5 rings (SSSR count). The fourth-order valence-corrected chi connectivity index (χ4v) is 4.89. The molecule has 1 amide bonds. The second-order valence-corrected chi connectivity index (χ2v) is 7.75. The second kappa shape index (κ2) is 7.05. The van der Waals surface area contributed by atoms with Crippen molar-refractivity contribution in [2.45, 2.75) is 37.6 Å². The van der Waals surface area contributed by atoms with Crippen LogP contribution in [0, 0.1) is 0 Å². The van der Waals surface area contributed by atoms with E-state index < -0.39 is 0 Å². The van der Waals surface area contributed by atoms with Gasteiger partial charge in [0.2, 0.25) is 5.91 Å². The van der Waals surface area contributed by atoms with Crippen molar-refractivity contribution in [1.82, 2.24) is 9.97 Å². The summed E-state index contributed by atoms with van der Waals surface area (Å²) < 4.78 is 5.37.